The maximum Gasteiger partial charge on any atom is 0.127 e. The van der Waals surface area contributed by atoms with Crippen LogP contribution in [-0.2, 0) is 0 Å². The number of alkyl halides is 2. The van der Waals surface area contributed by atoms with E-state index in [1.54, 1.807) is 0 Å². The summed E-state index contributed by atoms with van der Waals surface area (Å²) in [6, 6.07) is 16.8. The number of unbranched alkanes of at least 4 members (excludes halogenated alkanes) is 2. The van der Waals surface area contributed by atoms with Crippen LogP contribution in [0.15, 0.2) is 48.5 Å². The Kier molecular flexibility index (Phi) is 9.05. The van der Waals surface area contributed by atoms with Gasteiger partial charge in [0.15, 0.2) is 0 Å². The molecule has 0 saturated heterocycles. The predicted octanol–water partition coefficient (Wildman–Crippen LogP) is 8.73. The molecule has 0 aliphatic carbocycles. The lowest BCUT2D eigenvalue weighted by Gasteiger charge is -2.12. The number of ether oxygens (including phenoxy) is 1. The summed E-state index contributed by atoms with van der Waals surface area (Å²) in [6.45, 7) is 4.45. The minimum Gasteiger partial charge on any atom is -0.457 e. The minimum absolute atomic E-state index is 0.430. The predicted molar refractivity (Wildman–Crippen MR) is 115 cm³/mol. The molecule has 3 heteroatoms. The average molecular weight is 468 g/mol. The molecule has 0 amide bonds. The van der Waals surface area contributed by atoms with Crippen LogP contribution < -0.4 is 4.74 Å². The molecule has 0 saturated carbocycles. The molecule has 0 aliphatic heterocycles. The van der Waals surface area contributed by atoms with E-state index >= 15 is 0 Å². The summed E-state index contributed by atoms with van der Waals surface area (Å²) in [5.74, 6) is 1.76. The van der Waals surface area contributed by atoms with Gasteiger partial charge in [0.2, 0.25) is 0 Å². The summed E-state index contributed by atoms with van der Waals surface area (Å²) in [5, 5.41) is 0. The van der Waals surface area contributed by atoms with Gasteiger partial charge in [-0.3, -0.25) is 0 Å². The normalized spacial score (nSPS) is 13.4. The van der Waals surface area contributed by atoms with Gasteiger partial charge in [0.05, 0.1) is 0 Å². The molecule has 2 atom stereocenters. The summed E-state index contributed by atoms with van der Waals surface area (Å²) in [7, 11) is 0. The lowest BCUT2D eigenvalue weighted by molar-refractivity contribution is 0.482. The van der Waals surface area contributed by atoms with Crippen molar-refractivity contribution in [3.05, 3.63) is 59.7 Å². The Morgan fingerprint density at radius 3 is 1.36 bits per heavy atom. The molecule has 0 fully saturated rings. The van der Waals surface area contributed by atoms with Crippen LogP contribution in [0.2, 0.25) is 0 Å². The smallest absolute Gasteiger partial charge is 0.127 e. The molecular formula is C22H28Br2O. The van der Waals surface area contributed by atoms with Gasteiger partial charge in [0.1, 0.15) is 11.5 Å². The zero-order valence-corrected chi connectivity index (χ0v) is 18.4. The first-order chi connectivity index (χ1) is 12.1. The Hall–Kier alpha value is -0.800. The minimum atomic E-state index is 0.430. The molecule has 0 heterocycles. The van der Waals surface area contributed by atoms with E-state index in [9.17, 15) is 0 Å². The first kappa shape index (κ1) is 20.5. The molecule has 0 radical (unpaired) electrons. The maximum absolute atomic E-state index is 5.98. The molecule has 2 aromatic carbocycles. The highest BCUT2D eigenvalue weighted by Crippen LogP contribution is 2.32. The largest absolute Gasteiger partial charge is 0.457 e. The first-order valence-corrected chi connectivity index (χ1v) is 11.1. The monoisotopic (exact) mass is 466 g/mol. The molecule has 0 aliphatic rings. The van der Waals surface area contributed by atoms with Gasteiger partial charge < -0.3 is 4.74 Å². The van der Waals surface area contributed by atoms with Gasteiger partial charge in [-0.2, -0.15) is 0 Å². The standard InChI is InChI=1S/C22H28Br2O/c1-3-5-7-21(23)17-9-13-19(14-10-17)25-20-15-11-18(12-16-20)22(24)8-6-4-2/h9-16,21-22H,3-8H2,1-2H3. The molecule has 0 N–H and O–H groups in total. The Labute approximate surface area is 169 Å². The van der Waals surface area contributed by atoms with Crippen molar-refractivity contribution in [2.24, 2.45) is 0 Å². The number of rotatable bonds is 10. The van der Waals surface area contributed by atoms with Gasteiger partial charge in [-0.05, 0) is 48.2 Å². The van der Waals surface area contributed by atoms with E-state index in [-0.39, 0.29) is 0 Å². The van der Waals surface area contributed by atoms with Crippen molar-refractivity contribution in [2.45, 2.75) is 62.0 Å². The van der Waals surface area contributed by atoms with Crippen molar-refractivity contribution >= 4 is 31.9 Å². The topological polar surface area (TPSA) is 9.23 Å². The van der Waals surface area contributed by atoms with E-state index in [2.05, 4.69) is 94.2 Å². The van der Waals surface area contributed by atoms with Crippen molar-refractivity contribution < 1.29 is 4.74 Å². The summed E-state index contributed by atoms with van der Waals surface area (Å²) < 4.78 is 5.98. The third kappa shape index (κ3) is 6.79. The van der Waals surface area contributed by atoms with Crippen LogP contribution >= 0.6 is 31.9 Å². The van der Waals surface area contributed by atoms with Gasteiger partial charge in [0, 0.05) is 9.65 Å². The Morgan fingerprint density at radius 1 is 0.680 bits per heavy atom. The fourth-order valence-corrected chi connectivity index (χ4v) is 3.98. The van der Waals surface area contributed by atoms with Crippen LogP contribution in [0.4, 0.5) is 0 Å². The fourth-order valence-electron chi connectivity index (χ4n) is 2.73. The quantitative estimate of drug-likeness (QED) is 0.317. The molecule has 0 aromatic heterocycles. The van der Waals surface area contributed by atoms with E-state index in [4.69, 9.17) is 4.74 Å². The summed E-state index contributed by atoms with van der Waals surface area (Å²) in [5.41, 5.74) is 2.63. The lowest BCUT2D eigenvalue weighted by Crippen LogP contribution is -1.92. The van der Waals surface area contributed by atoms with E-state index in [0.717, 1.165) is 11.5 Å². The van der Waals surface area contributed by atoms with Crippen LogP contribution in [0, 0.1) is 0 Å². The van der Waals surface area contributed by atoms with Gasteiger partial charge in [-0.15, -0.1) is 0 Å². The van der Waals surface area contributed by atoms with E-state index in [1.807, 2.05) is 0 Å². The summed E-state index contributed by atoms with van der Waals surface area (Å²) >= 11 is 7.54. The number of benzene rings is 2. The highest BCUT2D eigenvalue weighted by atomic mass is 79.9. The maximum atomic E-state index is 5.98. The SMILES string of the molecule is CCCCC(Br)c1ccc(Oc2ccc(C(Br)CCCC)cc2)cc1. The number of hydrogen-bond acceptors (Lipinski definition) is 1. The first-order valence-electron chi connectivity index (χ1n) is 9.30. The number of hydrogen-bond donors (Lipinski definition) is 0. The van der Waals surface area contributed by atoms with Crippen molar-refractivity contribution in [3.63, 3.8) is 0 Å². The van der Waals surface area contributed by atoms with Crippen LogP contribution in [0.3, 0.4) is 0 Å². The highest BCUT2D eigenvalue weighted by Gasteiger charge is 2.09. The van der Waals surface area contributed by atoms with Crippen LogP contribution in [0.25, 0.3) is 0 Å². The molecule has 2 aromatic rings. The van der Waals surface area contributed by atoms with Gasteiger partial charge in [0.25, 0.3) is 0 Å². The van der Waals surface area contributed by atoms with Gasteiger partial charge >= 0.3 is 0 Å². The van der Waals surface area contributed by atoms with Gasteiger partial charge in [-0.25, -0.2) is 0 Å². The molecule has 136 valence electrons. The molecule has 25 heavy (non-hydrogen) atoms. The molecule has 0 bridgehead atoms. The zero-order chi connectivity index (χ0) is 18.1. The second kappa shape index (κ2) is 11.0. The summed E-state index contributed by atoms with van der Waals surface area (Å²) in [4.78, 5) is 0.861. The Bertz CT molecular complexity index is 551. The van der Waals surface area contributed by atoms with Crippen LogP contribution in [-0.4, -0.2) is 0 Å². The van der Waals surface area contributed by atoms with E-state index < -0.39 is 0 Å². The van der Waals surface area contributed by atoms with E-state index in [1.165, 1.54) is 49.7 Å². The average Bonchev–Trinajstić information content (AvgIpc) is 2.65. The second-order valence-electron chi connectivity index (χ2n) is 6.46. The molecular weight excluding hydrogens is 440 g/mol. The fraction of sp³-hybridized carbons (Fsp3) is 0.455. The second-order valence-corrected chi connectivity index (χ2v) is 8.67. The summed E-state index contributed by atoms with van der Waals surface area (Å²) in [6.07, 6.45) is 7.29. The molecule has 0 spiro atoms. The molecule has 2 rings (SSSR count). The molecule has 1 nitrogen and oxygen atoms in total. The Balaban J connectivity index is 1.93. The lowest BCUT2D eigenvalue weighted by atomic mass is 10.1. The van der Waals surface area contributed by atoms with Crippen molar-refractivity contribution in [1.29, 1.82) is 0 Å². The van der Waals surface area contributed by atoms with Crippen molar-refractivity contribution in [1.82, 2.24) is 0 Å². The van der Waals surface area contributed by atoms with Crippen molar-refractivity contribution in [3.8, 4) is 11.5 Å². The third-order valence-electron chi connectivity index (χ3n) is 4.34. The number of halogens is 2. The highest BCUT2D eigenvalue weighted by molar-refractivity contribution is 9.09. The molecule has 2 unspecified atom stereocenters. The Morgan fingerprint density at radius 2 is 1.04 bits per heavy atom. The van der Waals surface area contributed by atoms with Crippen molar-refractivity contribution in [2.75, 3.05) is 0 Å². The van der Waals surface area contributed by atoms with Crippen LogP contribution in [0.1, 0.15) is 73.2 Å². The third-order valence-corrected chi connectivity index (χ3v) is 6.31. The van der Waals surface area contributed by atoms with E-state index in [0.29, 0.717) is 9.65 Å². The van der Waals surface area contributed by atoms with Gasteiger partial charge in [-0.1, -0.05) is 95.7 Å². The van der Waals surface area contributed by atoms with Crippen LogP contribution in [0.5, 0.6) is 11.5 Å². The zero-order valence-electron chi connectivity index (χ0n) is 15.2.